The zero-order valence-corrected chi connectivity index (χ0v) is 24.8. The Labute approximate surface area is 259 Å². The lowest BCUT2D eigenvalue weighted by atomic mass is 9.87. The van der Waals surface area contributed by atoms with Crippen LogP contribution in [0.3, 0.4) is 0 Å². The highest BCUT2D eigenvalue weighted by Gasteiger charge is 2.17. The molecule has 0 spiro atoms. The van der Waals surface area contributed by atoms with Crippen molar-refractivity contribution in [3.05, 3.63) is 134 Å². The summed E-state index contributed by atoms with van der Waals surface area (Å²) < 4.78 is 2.26. The molecule has 0 aliphatic carbocycles. The molecule has 0 atom stereocenters. The molecule has 0 amide bonds. The maximum Gasteiger partial charge on any atom is 0.142 e. The molecule has 2 heterocycles. The molecule has 0 N–H and O–H groups in total. The lowest BCUT2D eigenvalue weighted by Crippen LogP contribution is -1.98. The quantitative estimate of drug-likeness (QED) is 0.197. The van der Waals surface area contributed by atoms with Gasteiger partial charge in [-0.15, -0.1) is 0 Å². The number of pyridine rings is 1. The van der Waals surface area contributed by atoms with E-state index in [0.717, 1.165) is 40.2 Å². The molecule has 0 aliphatic heterocycles. The van der Waals surface area contributed by atoms with E-state index in [1.54, 1.807) is 0 Å². The molecule has 45 heavy (non-hydrogen) atoms. The van der Waals surface area contributed by atoms with Gasteiger partial charge in [-0.3, -0.25) is 4.98 Å². The average molecular weight is 574 g/mol. The topological polar surface area (TPSA) is 30.7 Å². The first-order valence-corrected chi connectivity index (χ1v) is 15.6. The molecule has 0 radical (unpaired) electrons. The number of hydrogen-bond acceptors (Lipinski definition) is 2. The first-order chi connectivity index (χ1) is 22.3. The zero-order chi connectivity index (χ0) is 29.6. The highest BCUT2D eigenvalue weighted by Crippen LogP contribution is 2.44. The van der Waals surface area contributed by atoms with Crippen LogP contribution in [0.2, 0.25) is 0 Å². The van der Waals surface area contributed by atoms with Gasteiger partial charge in [-0.2, -0.15) is 0 Å². The molecule has 10 aromatic rings. The van der Waals surface area contributed by atoms with Crippen molar-refractivity contribution in [3.8, 4) is 22.6 Å². The Morgan fingerprint density at radius 2 is 1.11 bits per heavy atom. The van der Waals surface area contributed by atoms with Crippen molar-refractivity contribution in [1.82, 2.24) is 14.5 Å². The molecular formula is C42H27N3. The molecular weight excluding hydrogens is 546 g/mol. The van der Waals surface area contributed by atoms with Gasteiger partial charge < -0.3 is 4.57 Å². The fourth-order valence-corrected chi connectivity index (χ4v) is 7.74. The van der Waals surface area contributed by atoms with E-state index in [1.165, 1.54) is 64.6 Å². The van der Waals surface area contributed by atoms with Crippen molar-refractivity contribution in [2.45, 2.75) is 13.5 Å². The van der Waals surface area contributed by atoms with Crippen LogP contribution in [0.5, 0.6) is 0 Å². The van der Waals surface area contributed by atoms with Crippen LogP contribution < -0.4 is 0 Å². The van der Waals surface area contributed by atoms with Crippen molar-refractivity contribution in [3.63, 3.8) is 0 Å². The van der Waals surface area contributed by atoms with E-state index in [1.807, 2.05) is 12.3 Å². The first-order valence-electron chi connectivity index (χ1n) is 15.6. The monoisotopic (exact) mass is 573 g/mol. The molecule has 0 fully saturated rings. The molecule has 10 rings (SSSR count). The second kappa shape index (κ2) is 9.10. The van der Waals surface area contributed by atoms with Crippen molar-refractivity contribution in [2.24, 2.45) is 0 Å². The Morgan fingerprint density at radius 1 is 0.511 bits per heavy atom. The lowest BCUT2D eigenvalue weighted by molar-refractivity contribution is 0.796. The number of hydrogen-bond donors (Lipinski definition) is 0. The minimum absolute atomic E-state index is 0.850. The van der Waals surface area contributed by atoms with Gasteiger partial charge in [-0.1, -0.05) is 91.0 Å². The standard InChI is InChI=1S/C42H27N3/c1-2-45-37-15-4-3-14-36(37)44-42(45)29-20-21-35(43-24-29)30-22-28-19-18-27-9-6-12-32-31-11-5-8-25-16-17-26-10-7-13-33(40(26)38(25)31)34(23-30)41(28)39(27)32/h3-24H,2H2,1H3. The van der Waals surface area contributed by atoms with Crippen LogP contribution in [-0.2, 0) is 6.54 Å². The molecule has 2 aromatic heterocycles. The normalized spacial score (nSPS) is 12.2. The van der Waals surface area contributed by atoms with Gasteiger partial charge in [0.2, 0.25) is 0 Å². The average Bonchev–Trinajstić information content (AvgIpc) is 3.48. The maximum atomic E-state index is 5.04. The fraction of sp³-hybridized carbons (Fsp3) is 0.0476. The highest BCUT2D eigenvalue weighted by molar-refractivity contribution is 6.37. The number of imidazole rings is 1. The van der Waals surface area contributed by atoms with Crippen LogP contribution in [0.15, 0.2) is 134 Å². The highest BCUT2D eigenvalue weighted by atomic mass is 15.1. The second-order valence-corrected chi connectivity index (χ2v) is 12.1. The van der Waals surface area contributed by atoms with E-state index in [9.17, 15) is 0 Å². The minimum atomic E-state index is 0.850. The van der Waals surface area contributed by atoms with E-state index in [2.05, 4.69) is 133 Å². The van der Waals surface area contributed by atoms with E-state index in [-0.39, 0.29) is 0 Å². The van der Waals surface area contributed by atoms with Crippen molar-refractivity contribution >= 4 is 75.7 Å². The third kappa shape index (κ3) is 3.41. The van der Waals surface area contributed by atoms with Gasteiger partial charge in [-0.05, 0) is 108 Å². The smallest absolute Gasteiger partial charge is 0.142 e. The predicted molar refractivity (Wildman–Crippen MR) is 190 cm³/mol. The summed E-state index contributed by atoms with van der Waals surface area (Å²) in [5.74, 6) is 0.955. The Bertz CT molecular complexity index is 2780. The number of benzene rings is 7. The summed E-state index contributed by atoms with van der Waals surface area (Å²) in [5, 5.41) is 15.4. The van der Waals surface area contributed by atoms with Crippen molar-refractivity contribution in [2.75, 3.05) is 0 Å². The fourth-order valence-electron chi connectivity index (χ4n) is 7.74. The van der Waals surface area contributed by atoms with Crippen LogP contribution in [0.4, 0.5) is 0 Å². The Morgan fingerprint density at radius 3 is 1.73 bits per heavy atom. The van der Waals surface area contributed by atoms with Gasteiger partial charge in [0.1, 0.15) is 5.82 Å². The van der Waals surface area contributed by atoms with E-state index < -0.39 is 0 Å². The van der Waals surface area contributed by atoms with E-state index in [4.69, 9.17) is 9.97 Å². The molecule has 3 heteroatoms. The second-order valence-electron chi connectivity index (χ2n) is 12.1. The van der Waals surface area contributed by atoms with Gasteiger partial charge in [0.05, 0.1) is 16.7 Å². The molecule has 0 bridgehead atoms. The zero-order valence-electron chi connectivity index (χ0n) is 24.8. The summed E-state index contributed by atoms with van der Waals surface area (Å²) in [5.41, 5.74) is 5.25. The van der Waals surface area contributed by atoms with Gasteiger partial charge in [0.15, 0.2) is 0 Å². The number of nitrogens with zero attached hydrogens (tertiary/aromatic N) is 3. The lowest BCUT2D eigenvalue weighted by Gasteiger charge is -2.17. The predicted octanol–water partition coefficient (Wildman–Crippen LogP) is 11.1. The minimum Gasteiger partial charge on any atom is -0.324 e. The Hall–Kier alpha value is -5.80. The molecule has 0 aliphatic rings. The summed E-state index contributed by atoms with van der Waals surface area (Å²) in [4.78, 5) is 10.0. The number of aromatic nitrogens is 3. The first kappa shape index (κ1) is 24.6. The molecule has 3 nitrogen and oxygen atoms in total. The van der Waals surface area contributed by atoms with Gasteiger partial charge in [0, 0.05) is 23.9 Å². The summed E-state index contributed by atoms with van der Waals surface area (Å²) in [7, 11) is 0. The molecule has 0 unspecified atom stereocenters. The van der Waals surface area contributed by atoms with Gasteiger partial charge in [-0.25, -0.2) is 4.98 Å². The third-order valence-electron chi connectivity index (χ3n) is 9.71. The van der Waals surface area contributed by atoms with E-state index >= 15 is 0 Å². The number of fused-ring (bicyclic) bond motifs is 3. The van der Waals surface area contributed by atoms with Crippen LogP contribution in [0.25, 0.3) is 98.3 Å². The van der Waals surface area contributed by atoms with Crippen LogP contribution in [-0.4, -0.2) is 14.5 Å². The van der Waals surface area contributed by atoms with Crippen LogP contribution in [0.1, 0.15) is 6.92 Å². The van der Waals surface area contributed by atoms with Crippen molar-refractivity contribution < 1.29 is 0 Å². The number of rotatable bonds is 3. The SMILES string of the molecule is CCn1c(-c2ccc(-c3cc4ccc5cccc6c7cccc8ccc9cccc(c(c3)c4c56)c9c87)nc2)nc2ccccc21. The Balaban J connectivity index is 1.29. The van der Waals surface area contributed by atoms with Crippen LogP contribution >= 0.6 is 0 Å². The molecule has 0 saturated heterocycles. The molecule has 8 aromatic carbocycles. The largest absolute Gasteiger partial charge is 0.324 e. The Kier molecular flexibility index (Phi) is 4.98. The molecule has 0 saturated carbocycles. The summed E-state index contributed by atoms with van der Waals surface area (Å²) in [6.07, 6.45) is 1.98. The number of aryl methyl sites for hydroxylation is 1. The summed E-state index contributed by atoms with van der Waals surface area (Å²) in [6, 6.07) is 46.6. The van der Waals surface area contributed by atoms with Crippen molar-refractivity contribution in [1.29, 1.82) is 0 Å². The summed E-state index contributed by atoms with van der Waals surface area (Å²) in [6.45, 7) is 3.02. The molecule has 210 valence electrons. The number of para-hydroxylation sites is 2. The van der Waals surface area contributed by atoms with Crippen LogP contribution in [0, 0.1) is 0 Å². The van der Waals surface area contributed by atoms with E-state index in [0.29, 0.717) is 0 Å². The van der Waals surface area contributed by atoms with Gasteiger partial charge in [0.25, 0.3) is 0 Å². The third-order valence-corrected chi connectivity index (χ3v) is 9.71. The summed E-state index contributed by atoms with van der Waals surface area (Å²) >= 11 is 0. The van der Waals surface area contributed by atoms with Gasteiger partial charge >= 0.3 is 0 Å². The maximum absolute atomic E-state index is 5.04.